The second-order valence-corrected chi connectivity index (χ2v) is 7.42. The quantitative estimate of drug-likeness (QED) is 0.818. The van der Waals surface area contributed by atoms with Crippen LogP contribution in [0.1, 0.15) is 29.5 Å². The van der Waals surface area contributed by atoms with Crippen molar-refractivity contribution in [2.45, 2.75) is 38.5 Å². The van der Waals surface area contributed by atoms with Gasteiger partial charge < -0.3 is 10.2 Å². The summed E-state index contributed by atoms with van der Waals surface area (Å²) in [5.74, 6) is 0.202. The van der Waals surface area contributed by atoms with Crippen molar-refractivity contribution in [3.05, 3.63) is 34.9 Å². The summed E-state index contributed by atoms with van der Waals surface area (Å²) in [5.41, 5.74) is 4.05. The van der Waals surface area contributed by atoms with Crippen LogP contribution in [0.15, 0.2) is 18.2 Å². The molecule has 0 radical (unpaired) electrons. The molecule has 0 aliphatic carbocycles. The second kappa shape index (κ2) is 10.5. The van der Waals surface area contributed by atoms with E-state index in [4.69, 9.17) is 0 Å². The van der Waals surface area contributed by atoms with Crippen molar-refractivity contribution in [2.75, 3.05) is 40.8 Å². The van der Waals surface area contributed by atoms with Crippen LogP contribution in [0.4, 0.5) is 0 Å². The van der Waals surface area contributed by atoms with E-state index < -0.39 is 0 Å². The SMILES string of the molecule is CN1Cc2ccc(CN(C)C(=O)CN(C)C3CCNCC3)cc2C1.Cl.Cl. The van der Waals surface area contributed by atoms with Crippen LogP contribution in [-0.4, -0.2) is 67.4 Å². The molecule has 1 amide bonds. The van der Waals surface area contributed by atoms with Crippen LogP contribution in [0.5, 0.6) is 0 Å². The van der Waals surface area contributed by atoms with E-state index in [1.54, 1.807) is 0 Å². The molecule has 5 nitrogen and oxygen atoms in total. The van der Waals surface area contributed by atoms with Crippen molar-refractivity contribution in [3.8, 4) is 0 Å². The lowest BCUT2D eigenvalue weighted by molar-refractivity contribution is -0.132. The van der Waals surface area contributed by atoms with E-state index in [2.05, 4.69) is 47.4 Å². The van der Waals surface area contributed by atoms with Crippen molar-refractivity contribution in [1.29, 1.82) is 0 Å². The number of carbonyl (C=O) groups excluding carboxylic acids is 1. The number of fused-ring (bicyclic) bond motifs is 1. The van der Waals surface area contributed by atoms with E-state index in [0.717, 1.165) is 39.0 Å². The monoisotopic (exact) mass is 402 g/mol. The topological polar surface area (TPSA) is 38.8 Å². The molecule has 0 aromatic heterocycles. The summed E-state index contributed by atoms with van der Waals surface area (Å²) in [4.78, 5) is 18.9. The summed E-state index contributed by atoms with van der Waals surface area (Å²) < 4.78 is 0. The van der Waals surface area contributed by atoms with Gasteiger partial charge in [0.25, 0.3) is 0 Å². The lowest BCUT2D eigenvalue weighted by atomic mass is 10.1. The lowest BCUT2D eigenvalue weighted by Gasteiger charge is -2.32. The third kappa shape index (κ3) is 5.83. The van der Waals surface area contributed by atoms with Crippen LogP contribution >= 0.6 is 24.8 Å². The second-order valence-electron chi connectivity index (χ2n) is 7.42. The molecule has 3 rings (SSSR count). The fourth-order valence-corrected chi connectivity index (χ4v) is 3.79. The number of nitrogens with one attached hydrogen (secondary N) is 1. The van der Waals surface area contributed by atoms with Crippen LogP contribution in [0, 0.1) is 0 Å². The van der Waals surface area contributed by atoms with E-state index >= 15 is 0 Å². The van der Waals surface area contributed by atoms with Gasteiger partial charge in [-0.2, -0.15) is 0 Å². The standard InChI is InChI=1S/C19H30N4O.2ClH/c1-21-12-16-5-4-15(10-17(16)13-21)11-23(3)19(24)14-22(2)18-6-8-20-9-7-18;;/h4-5,10,18,20H,6-9,11-14H2,1-3H3;2*1H. The van der Waals surface area contributed by atoms with Crippen LogP contribution in [0.3, 0.4) is 0 Å². The average molecular weight is 403 g/mol. The van der Waals surface area contributed by atoms with Gasteiger partial charge in [-0.15, -0.1) is 24.8 Å². The number of carbonyl (C=O) groups is 1. The zero-order valence-corrected chi connectivity index (χ0v) is 17.7. The minimum Gasteiger partial charge on any atom is -0.340 e. The summed E-state index contributed by atoms with van der Waals surface area (Å²) in [6.45, 7) is 5.36. The highest BCUT2D eigenvalue weighted by molar-refractivity contribution is 5.85. The Morgan fingerprint density at radius 3 is 2.50 bits per heavy atom. The fraction of sp³-hybridized carbons (Fsp3) is 0.632. The Labute approximate surface area is 169 Å². The van der Waals surface area contributed by atoms with Crippen LogP contribution in [-0.2, 0) is 24.4 Å². The van der Waals surface area contributed by atoms with E-state index in [1.165, 1.54) is 16.7 Å². The van der Waals surface area contributed by atoms with Gasteiger partial charge in [-0.25, -0.2) is 0 Å². The number of nitrogens with zero attached hydrogens (tertiary/aromatic N) is 3. The normalized spacial score (nSPS) is 17.4. The van der Waals surface area contributed by atoms with Gasteiger partial charge in [0.05, 0.1) is 6.54 Å². The number of amides is 1. The van der Waals surface area contributed by atoms with Crippen molar-refractivity contribution in [1.82, 2.24) is 20.0 Å². The maximum Gasteiger partial charge on any atom is 0.236 e. The number of likely N-dealkylation sites (N-methyl/N-ethyl adjacent to an activating group) is 2. The molecule has 1 aromatic rings. The molecule has 1 fully saturated rings. The molecule has 148 valence electrons. The van der Waals surface area contributed by atoms with Gasteiger partial charge in [0.2, 0.25) is 5.91 Å². The van der Waals surface area contributed by atoms with Crippen LogP contribution < -0.4 is 5.32 Å². The molecule has 1 saturated heterocycles. The number of rotatable bonds is 5. The predicted molar refractivity (Wildman–Crippen MR) is 111 cm³/mol. The minimum absolute atomic E-state index is 0. The zero-order valence-electron chi connectivity index (χ0n) is 16.0. The highest BCUT2D eigenvalue weighted by Crippen LogP contribution is 2.23. The number of halogens is 2. The van der Waals surface area contributed by atoms with E-state index in [1.807, 2.05) is 11.9 Å². The van der Waals surface area contributed by atoms with Gasteiger partial charge in [-0.1, -0.05) is 18.2 Å². The van der Waals surface area contributed by atoms with E-state index in [-0.39, 0.29) is 30.7 Å². The Morgan fingerprint density at radius 1 is 1.15 bits per heavy atom. The average Bonchev–Trinajstić information content (AvgIpc) is 2.94. The molecule has 1 N–H and O–H groups in total. The zero-order chi connectivity index (χ0) is 17.1. The molecule has 0 spiro atoms. The first kappa shape index (κ1) is 23.2. The third-order valence-corrected chi connectivity index (χ3v) is 5.31. The summed E-state index contributed by atoms with van der Waals surface area (Å²) in [7, 11) is 6.14. The van der Waals surface area contributed by atoms with Gasteiger partial charge in [-0.05, 0) is 56.7 Å². The Kier molecular flexibility index (Phi) is 9.34. The summed E-state index contributed by atoms with van der Waals surface area (Å²) in [6, 6.07) is 7.17. The van der Waals surface area contributed by atoms with E-state index in [9.17, 15) is 4.79 Å². The molecule has 1 aromatic carbocycles. The molecule has 0 unspecified atom stereocenters. The predicted octanol–water partition coefficient (Wildman–Crippen LogP) is 2.12. The molecule has 0 atom stereocenters. The molecule has 26 heavy (non-hydrogen) atoms. The molecule has 0 saturated carbocycles. The van der Waals surface area contributed by atoms with Gasteiger partial charge in [0.1, 0.15) is 0 Å². The third-order valence-electron chi connectivity index (χ3n) is 5.31. The van der Waals surface area contributed by atoms with Crippen molar-refractivity contribution < 1.29 is 4.79 Å². The summed E-state index contributed by atoms with van der Waals surface area (Å²) >= 11 is 0. The van der Waals surface area contributed by atoms with Crippen LogP contribution in [0.2, 0.25) is 0 Å². The molecular formula is C19H32Cl2N4O. The van der Waals surface area contributed by atoms with Crippen molar-refractivity contribution in [2.24, 2.45) is 0 Å². The molecule has 2 aliphatic heterocycles. The van der Waals surface area contributed by atoms with E-state index in [0.29, 0.717) is 19.1 Å². The first-order chi connectivity index (χ1) is 11.5. The highest BCUT2D eigenvalue weighted by atomic mass is 35.5. The number of hydrogen-bond acceptors (Lipinski definition) is 4. The lowest BCUT2D eigenvalue weighted by Crippen LogP contribution is -2.45. The maximum absolute atomic E-state index is 12.5. The smallest absolute Gasteiger partial charge is 0.236 e. The first-order valence-electron chi connectivity index (χ1n) is 8.97. The Morgan fingerprint density at radius 2 is 1.81 bits per heavy atom. The largest absolute Gasteiger partial charge is 0.340 e. The number of piperidine rings is 1. The van der Waals surface area contributed by atoms with Crippen molar-refractivity contribution >= 4 is 30.7 Å². The molecule has 2 aliphatic rings. The Bertz CT molecular complexity index is 593. The van der Waals surface area contributed by atoms with Gasteiger partial charge in [0.15, 0.2) is 0 Å². The fourth-order valence-electron chi connectivity index (χ4n) is 3.79. The van der Waals surface area contributed by atoms with Gasteiger partial charge in [0, 0.05) is 32.7 Å². The molecule has 7 heteroatoms. The minimum atomic E-state index is 0. The first-order valence-corrected chi connectivity index (χ1v) is 8.97. The Balaban J connectivity index is 0.00000169. The van der Waals surface area contributed by atoms with Crippen LogP contribution in [0.25, 0.3) is 0 Å². The Hall–Kier alpha value is -0.850. The van der Waals surface area contributed by atoms with Crippen molar-refractivity contribution in [3.63, 3.8) is 0 Å². The summed E-state index contributed by atoms with van der Waals surface area (Å²) in [6.07, 6.45) is 2.26. The molecule has 0 bridgehead atoms. The number of benzene rings is 1. The molecule has 2 heterocycles. The summed E-state index contributed by atoms with van der Waals surface area (Å²) in [5, 5.41) is 3.38. The molecular weight excluding hydrogens is 371 g/mol. The highest BCUT2D eigenvalue weighted by Gasteiger charge is 2.21. The van der Waals surface area contributed by atoms with Gasteiger partial charge >= 0.3 is 0 Å². The number of hydrogen-bond donors (Lipinski definition) is 1. The van der Waals surface area contributed by atoms with Gasteiger partial charge in [-0.3, -0.25) is 14.6 Å². The maximum atomic E-state index is 12.5.